The number of piperidine rings is 1. The van der Waals surface area contributed by atoms with Crippen molar-refractivity contribution in [2.24, 2.45) is 0 Å². The van der Waals surface area contributed by atoms with Crippen LogP contribution in [0.15, 0.2) is 0 Å². The lowest BCUT2D eigenvalue weighted by Gasteiger charge is -2.34. The summed E-state index contributed by atoms with van der Waals surface area (Å²) < 4.78 is 0. The van der Waals surface area contributed by atoms with E-state index in [9.17, 15) is 10.2 Å². The Balaban J connectivity index is 2.14. The highest BCUT2D eigenvalue weighted by Crippen LogP contribution is 2.34. The molecule has 2 rings (SSSR count). The minimum absolute atomic E-state index is 0.182. The highest BCUT2D eigenvalue weighted by Gasteiger charge is 2.43. The Morgan fingerprint density at radius 1 is 1.18 bits per heavy atom. The molecule has 0 spiro atoms. The molecular weight excluding hydrogens is 142 g/mol. The van der Waals surface area contributed by atoms with Crippen molar-refractivity contribution in [1.82, 2.24) is 4.90 Å². The van der Waals surface area contributed by atoms with Gasteiger partial charge in [0, 0.05) is 12.1 Å². The Hall–Kier alpha value is -0.120. The first-order chi connectivity index (χ1) is 5.18. The lowest BCUT2D eigenvalue weighted by Crippen LogP contribution is -2.44. The van der Waals surface area contributed by atoms with E-state index in [1.54, 1.807) is 0 Å². The Kier molecular flexibility index (Phi) is 1.67. The molecule has 3 nitrogen and oxygen atoms in total. The molecule has 2 bridgehead atoms. The fourth-order valence-electron chi connectivity index (χ4n) is 2.42. The van der Waals surface area contributed by atoms with E-state index in [4.69, 9.17) is 0 Å². The molecule has 3 heteroatoms. The van der Waals surface area contributed by atoms with Gasteiger partial charge in [-0.1, -0.05) is 0 Å². The van der Waals surface area contributed by atoms with E-state index in [2.05, 4.69) is 4.90 Å². The van der Waals surface area contributed by atoms with Crippen molar-refractivity contribution in [1.29, 1.82) is 0 Å². The first-order valence-electron chi connectivity index (χ1n) is 4.26. The predicted octanol–water partition coefficient (Wildman–Crippen LogP) is -0.425. The molecule has 0 aromatic heterocycles. The van der Waals surface area contributed by atoms with Gasteiger partial charge in [-0.2, -0.15) is 0 Å². The molecule has 2 saturated heterocycles. The van der Waals surface area contributed by atoms with Crippen LogP contribution >= 0.6 is 0 Å². The van der Waals surface area contributed by atoms with Gasteiger partial charge in [-0.05, 0) is 26.3 Å². The molecule has 64 valence electrons. The van der Waals surface area contributed by atoms with E-state index < -0.39 is 0 Å². The van der Waals surface area contributed by atoms with Gasteiger partial charge >= 0.3 is 0 Å². The van der Waals surface area contributed by atoms with Crippen LogP contribution in [0.3, 0.4) is 0 Å². The summed E-state index contributed by atoms with van der Waals surface area (Å²) in [7, 11) is 2.04. The Labute approximate surface area is 66.6 Å². The molecule has 0 amide bonds. The highest BCUT2D eigenvalue weighted by atomic mass is 16.3. The number of hydrogen-bond donors (Lipinski definition) is 2. The van der Waals surface area contributed by atoms with Crippen LogP contribution in [-0.4, -0.2) is 46.5 Å². The Morgan fingerprint density at radius 2 is 1.91 bits per heavy atom. The minimum Gasteiger partial charge on any atom is -0.393 e. The number of likely N-dealkylation sites (N-methyl/N-ethyl adjacent to an activating group) is 1. The Bertz CT molecular complexity index is 160. The van der Waals surface area contributed by atoms with Crippen molar-refractivity contribution in [3.05, 3.63) is 0 Å². The molecule has 0 radical (unpaired) electrons. The van der Waals surface area contributed by atoms with Gasteiger partial charge in [-0.15, -0.1) is 0 Å². The van der Waals surface area contributed by atoms with Gasteiger partial charge < -0.3 is 10.2 Å². The van der Waals surface area contributed by atoms with Crippen molar-refractivity contribution >= 4 is 0 Å². The first kappa shape index (κ1) is 7.53. The topological polar surface area (TPSA) is 43.7 Å². The zero-order chi connectivity index (χ0) is 8.01. The second kappa shape index (κ2) is 2.44. The summed E-state index contributed by atoms with van der Waals surface area (Å²) >= 11 is 0. The Morgan fingerprint density at radius 3 is 2.55 bits per heavy atom. The van der Waals surface area contributed by atoms with Gasteiger partial charge in [-0.3, -0.25) is 4.90 Å². The van der Waals surface area contributed by atoms with Gasteiger partial charge in [0.05, 0.1) is 12.2 Å². The smallest absolute Gasteiger partial charge is 0.0711 e. The lowest BCUT2D eigenvalue weighted by molar-refractivity contribution is 0.0282. The monoisotopic (exact) mass is 157 g/mol. The van der Waals surface area contributed by atoms with E-state index in [-0.39, 0.29) is 18.2 Å². The van der Waals surface area contributed by atoms with Gasteiger partial charge in [0.2, 0.25) is 0 Å². The number of fused-ring (bicyclic) bond motifs is 2. The van der Waals surface area contributed by atoms with Gasteiger partial charge in [0.25, 0.3) is 0 Å². The van der Waals surface area contributed by atoms with Crippen LogP contribution < -0.4 is 0 Å². The number of hydrogen-bond acceptors (Lipinski definition) is 3. The number of aliphatic hydroxyl groups is 2. The summed E-state index contributed by atoms with van der Waals surface area (Å²) in [6.45, 7) is 0. The molecule has 11 heavy (non-hydrogen) atoms. The van der Waals surface area contributed by atoms with Gasteiger partial charge in [0.1, 0.15) is 0 Å². The van der Waals surface area contributed by atoms with E-state index >= 15 is 0 Å². The summed E-state index contributed by atoms with van der Waals surface area (Å²) in [5.74, 6) is 0. The maximum absolute atomic E-state index is 9.53. The van der Waals surface area contributed by atoms with Gasteiger partial charge in [0.15, 0.2) is 0 Å². The number of rotatable bonds is 0. The molecule has 2 aliphatic rings. The average molecular weight is 157 g/mol. The first-order valence-corrected chi connectivity index (χ1v) is 4.26. The molecule has 0 aromatic rings. The van der Waals surface area contributed by atoms with Crippen LogP contribution in [0, 0.1) is 0 Å². The zero-order valence-corrected chi connectivity index (χ0v) is 6.77. The standard InChI is InChI=1S/C8H15NO2/c1-9-5-2-6(10)4-7(9)8(11)3-5/h5-8,10-11H,2-4H2,1H3/t5-,6-,7+,8?/m0/s1. The fourth-order valence-corrected chi connectivity index (χ4v) is 2.42. The second-order valence-corrected chi connectivity index (χ2v) is 3.81. The molecule has 4 atom stereocenters. The molecular formula is C8H15NO2. The molecule has 2 N–H and O–H groups in total. The number of nitrogens with zero attached hydrogens (tertiary/aromatic N) is 1. The summed E-state index contributed by atoms with van der Waals surface area (Å²) in [6, 6.07) is 0.627. The maximum atomic E-state index is 9.53. The zero-order valence-electron chi connectivity index (χ0n) is 6.77. The van der Waals surface area contributed by atoms with Crippen LogP contribution in [0.4, 0.5) is 0 Å². The fraction of sp³-hybridized carbons (Fsp3) is 1.00. The van der Waals surface area contributed by atoms with E-state index in [0.29, 0.717) is 6.04 Å². The molecule has 2 aliphatic heterocycles. The number of aliphatic hydroxyl groups excluding tert-OH is 2. The second-order valence-electron chi connectivity index (χ2n) is 3.81. The predicted molar refractivity (Wildman–Crippen MR) is 41.2 cm³/mol. The largest absolute Gasteiger partial charge is 0.393 e. The van der Waals surface area contributed by atoms with Crippen molar-refractivity contribution in [3.63, 3.8) is 0 Å². The minimum atomic E-state index is -0.206. The molecule has 0 aromatic carbocycles. The summed E-state index contributed by atoms with van der Waals surface area (Å²) in [5.41, 5.74) is 0. The third-order valence-electron chi connectivity index (χ3n) is 3.11. The van der Waals surface area contributed by atoms with Crippen molar-refractivity contribution < 1.29 is 10.2 Å². The van der Waals surface area contributed by atoms with Crippen LogP contribution in [-0.2, 0) is 0 Å². The van der Waals surface area contributed by atoms with Crippen LogP contribution in [0.2, 0.25) is 0 Å². The van der Waals surface area contributed by atoms with Crippen molar-refractivity contribution in [2.75, 3.05) is 7.05 Å². The maximum Gasteiger partial charge on any atom is 0.0711 e. The third kappa shape index (κ3) is 1.08. The van der Waals surface area contributed by atoms with E-state index in [0.717, 1.165) is 19.3 Å². The molecule has 2 fully saturated rings. The molecule has 0 aliphatic carbocycles. The molecule has 1 unspecified atom stereocenters. The van der Waals surface area contributed by atoms with E-state index in [1.807, 2.05) is 7.05 Å². The average Bonchev–Trinajstić information content (AvgIpc) is 2.17. The molecule has 0 saturated carbocycles. The lowest BCUT2D eigenvalue weighted by atomic mass is 10.0. The molecule has 2 heterocycles. The van der Waals surface area contributed by atoms with Gasteiger partial charge in [-0.25, -0.2) is 0 Å². The van der Waals surface area contributed by atoms with Crippen molar-refractivity contribution in [2.45, 2.75) is 43.6 Å². The van der Waals surface area contributed by atoms with Crippen LogP contribution in [0.1, 0.15) is 19.3 Å². The summed E-state index contributed by atoms with van der Waals surface area (Å²) in [5, 5.41) is 18.9. The van der Waals surface area contributed by atoms with E-state index in [1.165, 1.54) is 0 Å². The quantitative estimate of drug-likeness (QED) is 0.501. The summed E-state index contributed by atoms with van der Waals surface area (Å²) in [6.07, 6.45) is 2.04. The SMILES string of the molecule is CN1[C@@H]2CC(O)[C@H]1C[C@@H](O)C2. The third-order valence-corrected chi connectivity index (χ3v) is 3.11. The van der Waals surface area contributed by atoms with Crippen LogP contribution in [0.5, 0.6) is 0 Å². The van der Waals surface area contributed by atoms with Crippen molar-refractivity contribution in [3.8, 4) is 0 Å². The summed E-state index contributed by atoms with van der Waals surface area (Å²) in [4.78, 5) is 2.21. The highest BCUT2D eigenvalue weighted by molar-refractivity contribution is 4.98. The van der Waals surface area contributed by atoms with Crippen LogP contribution in [0.25, 0.3) is 0 Å². The normalized spacial score (nSPS) is 51.5.